The fourth-order valence-corrected chi connectivity index (χ4v) is 5.32. The van der Waals surface area contributed by atoms with Gasteiger partial charge in [-0.25, -0.2) is 4.39 Å². The average molecular weight is 579 g/mol. The van der Waals surface area contributed by atoms with Crippen LogP contribution in [0.2, 0.25) is 0 Å². The molecule has 0 radical (unpaired) electrons. The molecule has 0 aromatic heterocycles. The number of nitriles is 1. The van der Waals surface area contributed by atoms with Crippen molar-refractivity contribution >= 4 is 28.3 Å². The summed E-state index contributed by atoms with van der Waals surface area (Å²) in [6.45, 7) is 2.21. The zero-order valence-corrected chi connectivity index (χ0v) is 21.6. The number of nitrogens with zero attached hydrogens (tertiary/aromatic N) is 5. The minimum atomic E-state index is -0.648. The summed E-state index contributed by atoms with van der Waals surface area (Å²) in [6, 6.07) is 20.4. The van der Waals surface area contributed by atoms with E-state index in [4.69, 9.17) is 10.3 Å². The summed E-state index contributed by atoms with van der Waals surface area (Å²) in [5, 5.41) is 13.0. The largest absolute Gasteiger partial charge is 0.361 e. The van der Waals surface area contributed by atoms with Crippen molar-refractivity contribution in [1.82, 2.24) is 4.90 Å². The molecular formula is C27H25FIN5O. The SMILES string of the molecule is CN(CCC[C@@]1(c2ccc(F)cc2)OCc2cc(C#N)ccc21)CCc1ccc(N=[N+]=[N-])c([125I])c1. The van der Waals surface area contributed by atoms with Gasteiger partial charge in [-0.15, -0.1) is 0 Å². The molecule has 35 heavy (non-hydrogen) atoms. The van der Waals surface area contributed by atoms with Gasteiger partial charge in [0, 0.05) is 15.0 Å². The number of fused-ring (bicyclic) bond motifs is 1. The van der Waals surface area contributed by atoms with E-state index in [1.54, 1.807) is 12.1 Å². The zero-order valence-electron chi connectivity index (χ0n) is 19.4. The summed E-state index contributed by atoms with van der Waals surface area (Å²) in [6.07, 6.45) is 2.53. The van der Waals surface area contributed by atoms with E-state index < -0.39 is 5.60 Å². The Morgan fingerprint density at radius 1 is 1.17 bits per heavy atom. The van der Waals surface area contributed by atoms with Crippen LogP contribution in [0.5, 0.6) is 0 Å². The summed E-state index contributed by atoms with van der Waals surface area (Å²) in [5.74, 6) is -0.274. The van der Waals surface area contributed by atoms with E-state index in [2.05, 4.69) is 56.7 Å². The van der Waals surface area contributed by atoms with Gasteiger partial charge in [-0.1, -0.05) is 35.4 Å². The van der Waals surface area contributed by atoms with Crippen LogP contribution < -0.4 is 0 Å². The number of rotatable bonds is 9. The second-order valence-corrected chi connectivity index (χ2v) is 9.90. The molecule has 0 N–H and O–H groups in total. The maximum atomic E-state index is 13.7. The average Bonchev–Trinajstić information content (AvgIpc) is 3.23. The van der Waals surface area contributed by atoms with Gasteiger partial charge in [0.15, 0.2) is 0 Å². The lowest BCUT2D eigenvalue weighted by molar-refractivity contribution is -0.0142. The van der Waals surface area contributed by atoms with Crippen LogP contribution in [0.4, 0.5) is 10.1 Å². The highest BCUT2D eigenvalue weighted by Gasteiger charge is 2.41. The Kier molecular flexibility index (Phi) is 8.04. The summed E-state index contributed by atoms with van der Waals surface area (Å²) < 4.78 is 21.0. The first kappa shape index (κ1) is 25.1. The molecule has 1 aliphatic rings. The van der Waals surface area contributed by atoms with E-state index in [0.717, 1.165) is 52.6 Å². The van der Waals surface area contributed by atoms with E-state index in [9.17, 15) is 9.65 Å². The molecule has 0 spiro atoms. The Morgan fingerprint density at radius 2 is 1.97 bits per heavy atom. The highest BCUT2D eigenvalue weighted by molar-refractivity contribution is 14.1. The number of halogens is 2. The van der Waals surface area contributed by atoms with Gasteiger partial charge < -0.3 is 9.64 Å². The molecular weight excluding hydrogens is 554 g/mol. The number of hydrogen-bond donors (Lipinski definition) is 0. The fraction of sp³-hybridized carbons (Fsp3) is 0.296. The van der Waals surface area contributed by atoms with Crippen molar-refractivity contribution in [3.8, 4) is 6.07 Å². The van der Waals surface area contributed by atoms with Crippen molar-refractivity contribution in [3.63, 3.8) is 0 Å². The molecule has 0 aliphatic carbocycles. The quantitative estimate of drug-likeness (QED) is 0.119. The third-order valence-electron chi connectivity index (χ3n) is 6.47. The Balaban J connectivity index is 1.43. The Labute approximate surface area is 218 Å². The first-order valence-corrected chi connectivity index (χ1v) is 12.5. The highest BCUT2D eigenvalue weighted by atomic mass is 125. The second kappa shape index (κ2) is 11.2. The van der Waals surface area contributed by atoms with E-state index in [1.165, 1.54) is 17.7 Å². The number of hydrogen-bond acceptors (Lipinski definition) is 4. The van der Waals surface area contributed by atoms with Gasteiger partial charge in [0.2, 0.25) is 0 Å². The topological polar surface area (TPSA) is 85.0 Å². The van der Waals surface area contributed by atoms with Gasteiger partial charge >= 0.3 is 0 Å². The highest BCUT2D eigenvalue weighted by Crippen LogP contribution is 2.45. The van der Waals surface area contributed by atoms with Crippen LogP contribution >= 0.6 is 22.6 Å². The molecule has 0 bridgehead atoms. The maximum Gasteiger partial charge on any atom is 0.123 e. The van der Waals surface area contributed by atoms with Crippen molar-refractivity contribution in [1.29, 1.82) is 5.26 Å². The van der Waals surface area contributed by atoms with Crippen molar-refractivity contribution < 1.29 is 9.13 Å². The minimum Gasteiger partial charge on any atom is -0.361 e. The summed E-state index contributed by atoms with van der Waals surface area (Å²) >= 11 is 2.19. The van der Waals surface area contributed by atoms with E-state index in [1.807, 2.05) is 30.3 Å². The molecule has 0 saturated heterocycles. The molecule has 3 aromatic rings. The summed E-state index contributed by atoms with van der Waals surface area (Å²) in [5.41, 5.74) is 13.5. The summed E-state index contributed by atoms with van der Waals surface area (Å²) in [7, 11) is 2.10. The molecule has 8 heteroatoms. The lowest BCUT2D eigenvalue weighted by Crippen LogP contribution is -2.30. The Morgan fingerprint density at radius 3 is 2.69 bits per heavy atom. The molecule has 0 fully saturated rings. The van der Waals surface area contributed by atoms with Crippen molar-refractivity contribution in [3.05, 3.63) is 108 Å². The normalized spacial score (nSPS) is 16.5. The second-order valence-electron chi connectivity index (χ2n) is 8.74. The molecule has 0 amide bonds. The third-order valence-corrected chi connectivity index (χ3v) is 7.33. The Bertz CT molecular complexity index is 1300. The van der Waals surface area contributed by atoms with Gasteiger partial charge in [-0.2, -0.15) is 5.26 Å². The van der Waals surface area contributed by atoms with Crippen molar-refractivity contribution in [2.75, 3.05) is 20.1 Å². The molecule has 1 aliphatic heterocycles. The fourth-order valence-electron chi connectivity index (χ4n) is 4.63. The van der Waals surface area contributed by atoms with Crippen LogP contribution in [-0.4, -0.2) is 25.0 Å². The van der Waals surface area contributed by atoms with Crippen molar-refractivity contribution in [2.24, 2.45) is 5.11 Å². The predicted octanol–water partition coefficient (Wildman–Crippen LogP) is 6.97. The van der Waals surface area contributed by atoms with Crippen LogP contribution in [-0.2, 0) is 23.4 Å². The lowest BCUT2D eigenvalue weighted by Gasteiger charge is -2.31. The van der Waals surface area contributed by atoms with Crippen LogP contribution in [0.3, 0.4) is 0 Å². The first-order valence-electron chi connectivity index (χ1n) is 11.4. The molecule has 0 saturated carbocycles. The molecule has 178 valence electrons. The van der Waals surface area contributed by atoms with Crippen LogP contribution in [0.15, 0.2) is 65.8 Å². The number of likely N-dealkylation sites (N-methyl/N-ethyl adjacent to an activating group) is 1. The van der Waals surface area contributed by atoms with Crippen LogP contribution in [0, 0.1) is 20.7 Å². The molecule has 4 rings (SSSR count). The molecule has 1 heterocycles. The van der Waals surface area contributed by atoms with Gasteiger partial charge in [0.05, 0.1) is 23.9 Å². The molecule has 1 atom stereocenters. The predicted molar refractivity (Wildman–Crippen MR) is 142 cm³/mol. The van der Waals surface area contributed by atoms with Gasteiger partial charge in [0.1, 0.15) is 11.4 Å². The number of ether oxygens (including phenoxy) is 1. The molecule has 6 nitrogen and oxygen atoms in total. The van der Waals surface area contributed by atoms with Crippen LogP contribution in [0.1, 0.15) is 40.7 Å². The maximum absolute atomic E-state index is 13.7. The standard InChI is InChI=1S/C27H25FIN5O/c1-34(14-11-19-4-10-26(32-33-31)25(29)16-19)13-2-12-27(22-5-7-23(28)8-6-22)24-9-3-20(17-30)15-21(24)18-35-27/h3-10,15-16H,2,11-14,18H2,1H3/t27-/m0/s1/i29-2. The minimum absolute atomic E-state index is 0.274. The number of azide groups is 1. The van der Waals surface area contributed by atoms with Crippen molar-refractivity contribution in [2.45, 2.75) is 31.5 Å². The van der Waals surface area contributed by atoms with E-state index in [0.29, 0.717) is 17.9 Å². The molecule has 0 unspecified atom stereocenters. The zero-order chi connectivity index (χ0) is 24.8. The third kappa shape index (κ3) is 5.65. The van der Waals surface area contributed by atoms with Gasteiger partial charge in [-0.05, 0) is 114 Å². The van der Waals surface area contributed by atoms with E-state index in [-0.39, 0.29) is 5.82 Å². The molecule has 3 aromatic carbocycles. The summed E-state index contributed by atoms with van der Waals surface area (Å²) in [4.78, 5) is 5.15. The first-order chi connectivity index (χ1) is 16.9. The van der Waals surface area contributed by atoms with E-state index >= 15 is 0 Å². The van der Waals surface area contributed by atoms with Crippen LogP contribution in [0.25, 0.3) is 10.4 Å². The van der Waals surface area contributed by atoms with Gasteiger partial charge in [0.25, 0.3) is 0 Å². The number of benzene rings is 3. The smallest absolute Gasteiger partial charge is 0.123 e. The monoisotopic (exact) mass is 579 g/mol. The lowest BCUT2D eigenvalue weighted by atomic mass is 9.81. The Hall–Kier alpha value is -2.96. The van der Waals surface area contributed by atoms with Gasteiger partial charge in [-0.3, -0.25) is 0 Å².